The van der Waals surface area contributed by atoms with E-state index >= 15 is 0 Å². The summed E-state index contributed by atoms with van der Waals surface area (Å²) < 4.78 is 13.2. The normalized spacial score (nSPS) is 25.8. The molecule has 1 aromatic rings. The maximum atomic E-state index is 13.2. The van der Waals surface area contributed by atoms with Crippen LogP contribution in [0.4, 0.5) is 15.8 Å². The minimum atomic E-state index is -0.265. The Morgan fingerprint density at radius 2 is 1.94 bits per heavy atom. The predicted octanol–water partition coefficient (Wildman–Crippen LogP) is 3.00. The second-order valence-corrected chi connectivity index (χ2v) is 4.88. The van der Waals surface area contributed by atoms with Gasteiger partial charge in [-0.15, -0.1) is 0 Å². The highest BCUT2D eigenvalue weighted by molar-refractivity contribution is 5.65. The molecular weight excluding hydrogens is 217 g/mol. The lowest BCUT2D eigenvalue weighted by molar-refractivity contribution is 0.136. The van der Waals surface area contributed by atoms with Crippen LogP contribution in [0.5, 0.6) is 0 Å². The molecule has 17 heavy (non-hydrogen) atoms. The molecule has 2 rings (SSSR count). The number of halogens is 1. The molecule has 1 aliphatic rings. The molecule has 1 aliphatic heterocycles. The summed E-state index contributed by atoms with van der Waals surface area (Å²) in [6.45, 7) is 4.36. The van der Waals surface area contributed by atoms with E-state index in [-0.39, 0.29) is 5.82 Å². The number of anilines is 2. The van der Waals surface area contributed by atoms with Crippen molar-refractivity contribution in [1.29, 1.82) is 0 Å². The minimum Gasteiger partial charge on any atom is -0.397 e. The fourth-order valence-electron chi connectivity index (χ4n) is 2.41. The van der Waals surface area contributed by atoms with Crippen molar-refractivity contribution < 1.29 is 4.39 Å². The Morgan fingerprint density at radius 3 is 2.59 bits per heavy atom. The second-order valence-electron chi connectivity index (χ2n) is 4.88. The van der Waals surface area contributed by atoms with Crippen molar-refractivity contribution in [1.82, 2.24) is 5.01 Å². The van der Waals surface area contributed by atoms with Crippen LogP contribution >= 0.6 is 0 Å². The summed E-state index contributed by atoms with van der Waals surface area (Å²) in [5.41, 5.74) is 10.3. The first-order chi connectivity index (χ1) is 8.08. The number of rotatable bonds is 2. The van der Waals surface area contributed by atoms with Crippen LogP contribution in [0.2, 0.25) is 0 Å². The number of nitrogens with zero attached hydrogens (tertiary/aromatic N) is 1. The lowest BCUT2D eigenvalue weighted by Gasteiger charge is -2.39. The van der Waals surface area contributed by atoms with Gasteiger partial charge in [-0.25, -0.2) is 9.40 Å². The fraction of sp³-hybridized carbons (Fsp3) is 0.538. The lowest BCUT2D eigenvalue weighted by Crippen LogP contribution is -2.47. The summed E-state index contributed by atoms with van der Waals surface area (Å²) >= 11 is 0. The topological polar surface area (TPSA) is 41.3 Å². The Hall–Kier alpha value is -1.29. The van der Waals surface area contributed by atoms with Crippen molar-refractivity contribution >= 4 is 11.4 Å². The van der Waals surface area contributed by atoms with Crippen molar-refractivity contribution in [2.45, 2.75) is 45.2 Å². The highest BCUT2D eigenvalue weighted by atomic mass is 19.1. The average Bonchev–Trinajstić information content (AvgIpc) is 2.28. The number of hydrogen-bond acceptors (Lipinski definition) is 3. The number of benzene rings is 1. The number of nitrogen functional groups attached to an aromatic ring is 1. The van der Waals surface area contributed by atoms with Gasteiger partial charge in [0.2, 0.25) is 0 Å². The van der Waals surface area contributed by atoms with Crippen molar-refractivity contribution in [2.24, 2.45) is 0 Å². The van der Waals surface area contributed by atoms with Gasteiger partial charge in [0.15, 0.2) is 0 Å². The van der Waals surface area contributed by atoms with Crippen LogP contribution in [-0.4, -0.2) is 17.1 Å². The zero-order chi connectivity index (χ0) is 12.4. The number of hydrazine groups is 1. The van der Waals surface area contributed by atoms with Crippen molar-refractivity contribution in [3.05, 3.63) is 24.0 Å². The van der Waals surface area contributed by atoms with E-state index in [0.29, 0.717) is 23.5 Å². The van der Waals surface area contributed by atoms with Gasteiger partial charge in [-0.2, -0.15) is 0 Å². The summed E-state index contributed by atoms with van der Waals surface area (Å²) in [4.78, 5) is 0. The predicted molar refractivity (Wildman–Crippen MR) is 69.0 cm³/mol. The largest absolute Gasteiger partial charge is 0.397 e. The van der Waals surface area contributed by atoms with Crippen molar-refractivity contribution in [2.75, 3.05) is 11.2 Å². The Labute approximate surface area is 102 Å². The monoisotopic (exact) mass is 237 g/mol. The van der Waals surface area contributed by atoms with Crippen LogP contribution < -0.4 is 11.2 Å². The van der Waals surface area contributed by atoms with Gasteiger partial charge in [0.05, 0.1) is 11.4 Å². The highest BCUT2D eigenvalue weighted by Gasteiger charge is 2.25. The number of nitrogens with one attached hydrogen (secondary N) is 1. The molecule has 0 aromatic heterocycles. The second kappa shape index (κ2) is 4.92. The third-order valence-corrected chi connectivity index (χ3v) is 3.46. The van der Waals surface area contributed by atoms with Crippen LogP contribution in [0.15, 0.2) is 18.2 Å². The Kier molecular flexibility index (Phi) is 3.52. The molecule has 0 saturated carbocycles. The van der Waals surface area contributed by atoms with E-state index in [9.17, 15) is 4.39 Å². The van der Waals surface area contributed by atoms with Crippen LogP contribution in [0.3, 0.4) is 0 Å². The van der Waals surface area contributed by atoms with E-state index in [1.807, 2.05) is 0 Å². The first-order valence-corrected chi connectivity index (χ1v) is 6.18. The average molecular weight is 237 g/mol. The van der Waals surface area contributed by atoms with Gasteiger partial charge in [0.1, 0.15) is 5.82 Å². The van der Waals surface area contributed by atoms with Crippen molar-refractivity contribution in [3.63, 3.8) is 0 Å². The highest BCUT2D eigenvalue weighted by Crippen LogP contribution is 2.26. The van der Waals surface area contributed by atoms with Gasteiger partial charge in [-0.3, -0.25) is 0 Å². The van der Waals surface area contributed by atoms with Crippen molar-refractivity contribution in [3.8, 4) is 0 Å². The molecule has 0 radical (unpaired) electrons. The van der Waals surface area contributed by atoms with Gasteiger partial charge in [0, 0.05) is 18.2 Å². The van der Waals surface area contributed by atoms with E-state index in [0.717, 1.165) is 12.8 Å². The molecule has 1 saturated heterocycles. The maximum absolute atomic E-state index is 13.2. The maximum Gasteiger partial charge on any atom is 0.125 e. The van der Waals surface area contributed by atoms with Crippen LogP contribution in [0.1, 0.15) is 33.1 Å². The summed E-state index contributed by atoms with van der Waals surface area (Å²) in [7, 11) is 0. The third-order valence-electron chi connectivity index (χ3n) is 3.46. The Balaban J connectivity index is 2.16. The zero-order valence-corrected chi connectivity index (χ0v) is 10.4. The number of nitrogens with two attached hydrogens (primary N) is 1. The first-order valence-electron chi connectivity index (χ1n) is 6.18. The molecule has 1 heterocycles. The molecule has 2 unspecified atom stereocenters. The zero-order valence-electron chi connectivity index (χ0n) is 10.4. The minimum absolute atomic E-state index is 0.265. The smallest absolute Gasteiger partial charge is 0.125 e. The SMILES string of the molecule is CC1CCCC(C)N1Nc1cc(F)ccc1N. The Bertz CT molecular complexity index is 384. The summed E-state index contributed by atoms with van der Waals surface area (Å²) in [6, 6.07) is 5.31. The number of hydrogen-bond donors (Lipinski definition) is 2. The molecule has 0 amide bonds. The first kappa shape index (κ1) is 12.2. The molecule has 0 aliphatic carbocycles. The standard InChI is InChI=1S/C13H20FN3/c1-9-4-3-5-10(2)17(9)16-13-8-11(14)6-7-12(13)15/h6-10,16H,3-5,15H2,1-2H3. The van der Waals surface area contributed by atoms with Gasteiger partial charge in [-0.1, -0.05) is 6.42 Å². The van der Waals surface area contributed by atoms with E-state index < -0.39 is 0 Å². The molecule has 3 nitrogen and oxygen atoms in total. The summed E-state index contributed by atoms with van der Waals surface area (Å²) in [5.74, 6) is -0.265. The third kappa shape index (κ3) is 2.69. The Morgan fingerprint density at radius 1 is 1.29 bits per heavy atom. The van der Waals surface area contributed by atoms with E-state index in [4.69, 9.17) is 5.73 Å². The molecule has 1 fully saturated rings. The molecule has 3 N–H and O–H groups in total. The molecule has 4 heteroatoms. The molecule has 2 atom stereocenters. The summed E-state index contributed by atoms with van der Waals surface area (Å²) in [5, 5.41) is 2.18. The van der Waals surface area contributed by atoms with Crippen LogP contribution in [-0.2, 0) is 0 Å². The van der Waals surface area contributed by atoms with Crippen LogP contribution in [0.25, 0.3) is 0 Å². The van der Waals surface area contributed by atoms with Gasteiger partial charge < -0.3 is 11.2 Å². The molecular formula is C13H20FN3. The summed E-state index contributed by atoms with van der Waals surface area (Å²) in [6.07, 6.45) is 3.57. The molecule has 0 bridgehead atoms. The van der Waals surface area contributed by atoms with Gasteiger partial charge in [-0.05, 0) is 38.8 Å². The van der Waals surface area contributed by atoms with E-state index in [1.165, 1.54) is 18.6 Å². The van der Waals surface area contributed by atoms with E-state index in [1.54, 1.807) is 6.07 Å². The quantitative estimate of drug-likeness (QED) is 0.777. The molecule has 94 valence electrons. The molecule has 1 aromatic carbocycles. The number of piperidine rings is 1. The van der Waals surface area contributed by atoms with Crippen LogP contribution in [0, 0.1) is 5.82 Å². The molecule has 0 spiro atoms. The van der Waals surface area contributed by atoms with Gasteiger partial charge in [0.25, 0.3) is 0 Å². The fourth-order valence-corrected chi connectivity index (χ4v) is 2.41. The van der Waals surface area contributed by atoms with E-state index in [2.05, 4.69) is 24.3 Å². The van der Waals surface area contributed by atoms with Gasteiger partial charge >= 0.3 is 0 Å². The lowest BCUT2D eigenvalue weighted by atomic mass is 10.00.